The van der Waals surface area contributed by atoms with Crippen LogP contribution in [0.1, 0.15) is 19.8 Å². The van der Waals surface area contributed by atoms with Crippen LogP contribution < -0.4 is 0 Å². The van der Waals surface area contributed by atoms with Gasteiger partial charge in [0.1, 0.15) is 0 Å². The Bertz CT molecular complexity index is 171. The van der Waals surface area contributed by atoms with Crippen molar-refractivity contribution in [3.63, 3.8) is 0 Å². The normalized spacial score (nSPS) is 9.91. The molecule has 0 rings (SSSR count). The zero-order valence-electron chi connectivity index (χ0n) is 6.24. The Hall–Kier alpha value is -1.32. The Morgan fingerprint density at radius 2 is 2.09 bits per heavy atom. The largest absolute Gasteiger partial charge is 0.481 e. The van der Waals surface area contributed by atoms with Gasteiger partial charge in [-0.25, -0.2) is 0 Å². The lowest BCUT2D eigenvalue weighted by Gasteiger charge is -1.94. The number of esters is 1. The number of carbonyl (C=O) groups is 2. The first-order valence-corrected chi connectivity index (χ1v) is 3.19. The molecule has 0 saturated heterocycles. The van der Waals surface area contributed by atoms with Crippen LogP contribution in [0.25, 0.3) is 0 Å². The van der Waals surface area contributed by atoms with E-state index in [2.05, 4.69) is 4.74 Å². The number of allylic oxidation sites excluding steroid dienone is 1. The second-order valence-corrected chi connectivity index (χ2v) is 1.85. The van der Waals surface area contributed by atoms with E-state index >= 15 is 0 Å². The summed E-state index contributed by atoms with van der Waals surface area (Å²) in [6.45, 7) is 1.70. The average Bonchev–Trinajstić information content (AvgIpc) is 1.97. The topological polar surface area (TPSA) is 63.6 Å². The van der Waals surface area contributed by atoms with Crippen molar-refractivity contribution in [1.82, 2.24) is 0 Å². The minimum Gasteiger partial charge on any atom is -0.481 e. The second kappa shape index (κ2) is 5.46. The molecule has 0 amide bonds. The summed E-state index contributed by atoms with van der Waals surface area (Å²) >= 11 is 0. The smallest absolute Gasteiger partial charge is 0.311 e. The number of hydrogen-bond donors (Lipinski definition) is 1. The van der Waals surface area contributed by atoms with Gasteiger partial charge in [-0.2, -0.15) is 0 Å². The summed E-state index contributed by atoms with van der Waals surface area (Å²) < 4.78 is 4.46. The lowest BCUT2D eigenvalue weighted by molar-refractivity contribution is -0.144. The van der Waals surface area contributed by atoms with E-state index in [-0.39, 0.29) is 12.8 Å². The first-order valence-electron chi connectivity index (χ1n) is 3.19. The molecule has 0 aliphatic heterocycles. The van der Waals surface area contributed by atoms with Crippen molar-refractivity contribution in [2.45, 2.75) is 19.8 Å². The van der Waals surface area contributed by atoms with Crippen molar-refractivity contribution in [2.24, 2.45) is 0 Å². The van der Waals surface area contributed by atoms with Crippen LogP contribution in [0.15, 0.2) is 12.3 Å². The zero-order valence-corrected chi connectivity index (χ0v) is 6.24. The van der Waals surface area contributed by atoms with Crippen LogP contribution >= 0.6 is 0 Å². The molecule has 4 nitrogen and oxygen atoms in total. The Labute approximate surface area is 64.5 Å². The molecular formula is C7H10O4. The lowest BCUT2D eigenvalue weighted by Crippen LogP contribution is -2.03. The van der Waals surface area contributed by atoms with E-state index in [1.807, 2.05) is 0 Å². The summed E-state index contributed by atoms with van der Waals surface area (Å²) in [5.74, 6) is -1.52. The highest BCUT2D eigenvalue weighted by Gasteiger charge is 2.03. The van der Waals surface area contributed by atoms with Gasteiger partial charge in [-0.1, -0.05) is 6.08 Å². The summed E-state index contributed by atoms with van der Waals surface area (Å²) in [5.41, 5.74) is 0. The first-order chi connectivity index (χ1) is 5.16. The minimum atomic E-state index is -0.998. The van der Waals surface area contributed by atoms with Crippen molar-refractivity contribution in [1.29, 1.82) is 0 Å². The van der Waals surface area contributed by atoms with Crippen LogP contribution in [-0.2, 0) is 14.3 Å². The summed E-state index contributed by atoms with van der Waals surface area (Å²) in [7, 11) is 0. The molecule has 0 aliphatic rings. The minimum absolute atomic E-state index is 0.0837. The van der Waals surface area contributed by atoms with Gasteiger partial charge >= 0.3 is 11.9 Å². The molecule has 0 bridgehead atoms. The lowest BCUT2D eigenvalue weighted by atomic mass is 10.3. The molecule has 11 heavy (non-hydrogen) atoms. The van der Waals surface area contributed by atoms with Gasteiger partial charge < -0.3 is 9.84 Å². The second-order valence-electron chi connectivity index (χ2n) is 1.85. The molecule has 0 aromatic carbocycles. The molecule has 0 fully saturated rings. The van der Waals surface area contributed by atoms with E-state index in [4.69, 9.17) is 5.11 Å². The van der Waals surface area contributed by atoms with E-state index < -0.39 is 11.9 Å². The van der Waals surface area contributed by atoms with Crippen LogP contribution in [-0.4, -0.2) is 17.0 Å². The molecule has 0 radical (unpaired) electrons. The van der Waals surface area contributed by atoms with Crippen LogP contribution in [0.3, 0.4) is 0 Å². The predicted molar refractivity (Wildman–Crippen MR) is 37.8 cm³/mol. The Morgan fingerprint density at radius 1 is 1.45 bits per heavy atom. The molecule has 4 heteroatoms. The maximum Gasteiger partial charge on any atom is 0.311 e. The van der Waals surface area contributed by atoms with Crippen LogP contribution in [0.5, 0.6) is 0 Å². The van der Waals surface area contributed by atoms with E-state index in [0.717, 1.165) is 0 Å². The third kappa shape index (κ3) is 6.57. The molecule has 1 N–H and O–H groups in total. The monoisotopic (exact) mass is 158 g/mol. The molecule has 0 aliphatic carbocycles. The summed E-state index contributed by atoms with van der Waals surface area (Å²) in [6.07, 6.45) is 2.51. The number of carboxylic acids is 1. The van der Waals surface area contributed by atoms with Gasteiger partial charge in [0.2, 0.25) is 0 Å². The number of aliphatic carboxylic acids is 1. The molecule has 0 aromatic rings. The van der Waals surface area contributed by atoms with Gasteiger partial charge in [0, 0.05) is 0 Å². The van der Waals surface area contributed by atoms with Crippen molar-refractivity contribution >= 4 is 11.9 Å². The maximum atomic E-state index is 10.6. The number of rotatable bonds is 4. The van der Waals surface area contributed by atoms with Crippen molar-refractivity contribution in [3.8, 4) is 0 Å². The Kier molecular flexibility index (Phi) is 4.81. The fourth-order valence-electron chi connectivity index (χ4n) is 0.412. The zero-order chi connectivity index (χ0) is 8.69. The molecular weight excluding hydrogens is 148 g/mol. The van der Waals surface area contributed by atoms with Gasteiger partial charge in [-0.15, -0.1) is 0 Å². The molecule has 0 spiro atoms. The highest BCUT2D eigenvalue weighted by atomic mass is 16.5. The van der Waals surface area contributed by atoms with E-state index in [1.54, 1.807) is 13.0 Å². The van der Waals surface area contributed by atoms with Gasteiger partial charge in [0.05, 0.1) is 19.1 Å². The van der Waals surface area contributed by atoms with Gasteiger partial charge in [0.15, 0.2) is 0 Å². The number of carboxylic acid groups (broad SMARTS) is 1. The Morgan fingerprint density at radius 3 is 2.55 bits per heavy atom. The highest BCUT2D eigenvalue weighted by Crippen LogP contribution is 1.92. The van der Waals surface area contributed by atoms with Crippen LogP contribution in [0, 0.1) is 0 Å². The third-order valence-electron chi connectivity index (χ3n) is 0.879. The fraction of sp³-hybridized carbons (Fsp3) is 0.429. The maximum absolute atomic E-state index is 10.6. The molecule has 0 saturated carbocycles. The standard InChI is InChI=1S/C7H10O4/c1-2-5-11-7(10)4-3-6(8)9/h2,5H,3-4H2,1H3,(H,8,9). The van der Waals surface area contributed by atoms with Crippen molar-refractivity contribution < 1.29 is 19.4 Å². The first kappa shape index (κ1) is 9.68. The van der Waals surface area contributed by atoms with Gasteiger partial charge in [-0.3, -0.25) is 9.59 Å². The number of ether oxygens (including phenoxy) is 1. The molecule has 0 atom stereocenters. The molecule has 0 heterocycles. The van der Waals surface area contributed by atoms with E-state index in [0.29, 0.717) is 0 Å². The predicted octanol–water partition coefficient (Wildman–Crippen LogP) is 0.928. The number of hydrogen-bond acceptors (Lipinski definition) is 3. The third-order valence-corrected chi connectivity index (χ3v) is 0.879. The summed E-state index contributed by atoms with van der Waals surface area (Å²) in [6, 6.07) is 0. The van der Waals surface area contributed by atoms with Crippen LogP contribution in [0.2, 0.25) is 0 Å². The Balaban J connectivity index is 3.45. The van der Waals surface area contributed by atoms with Gasteiger partial charge in [0.25, 0.3) is 0 Å². The van der Waals surface area contributed by atoms with E-state index in [1.165, 1.54) is 6.26 Å². The summed E-state index contributed by atoms with van der Waals surface area (Å²) in [5, 5.41) is 8.16. The fourth-order valence-corrected chi connectivity index (χ4v) is 0.412. The molecule has 0 aromatic heterocycles. The average molecular weight is 158 g/mol. The summed E-state index contributed by atoms with van der Waals surface area (Å²) in [4.78, 5) is 20.5. The van der Waals surface area contributed by atoms with Crippen LogP contribution in [0.4, 0.5) is 0 Å². The number of carbonyl (C=O) groups excluding carboxylic acids is 1. The quantitative estimate of drug-likeness (QED) is 0.488. The molecule has 62 valence electrons. The highest BCUT2D eigenvalue weighted by molar-refractivity contribution is 5.76. The van der Waals surface area contributed by atoms with Crippen molar-refractivity contribution in [3.05, 3.63) is 12.3 Å². The SMILES string of the molecule is CC=COC(=O)CCC(=O)O. The van der Waals surface area contributed by atoms with Crippen molar-refractivity contribution in [2.75, 3.05) is 0 Å². The molecule has 0 unspecified atom stereocenters. The van der Waals surface area contributed by atoms with Gasteiger partial charge in [-0.05, 0) is 6.92 Å². The van der Waals surface area contributed by atoms with E-state index in [9.17, 15) is 9.59 Å².